The van der Waals surface area contributed by atoms with Gasteiger partial charge in [0, 0.05) is 42.2 Å². The van der Waals surface area contributed by atoms with Gasteiger partial charge in [0.25, 0.3) is 0 Å². The molecule has 0 saturated carbocycles. The van der Waals surface area contributed by atoms with Crippen LogP contribution in [-0.4, -0.2) is 37.7 Å². The summed E-state index contributed by atoms with van der Waals surface area (Å²) in [5, 5.41) is 7.68. The molecule has 28 heavy (non-hydrogen) atoms. The number of anilines is 2. The first-order chi connectivity index (χ1) is 13.6. The third kappa shape index (κ3) is 4.22. The molecule has 0 atom stereocenters. The van der Waals surface area contributed by atoms with Gasteiger partial charge in [0.1, 0.15) is 5.82 Å². The SMILES string of the molecule is Cc1cccc(Nc2ccc(C3CCN(Cc4cnn(C)c4C)CC3)nc2)n1. The largest absolute Gasteiger partial charge is 0.339 e. The van der Waals surface area contributed by atoms with Crippen LogP contribution in [0.25, 0.3) is 0 Å². The molecule has 6 nitrogen and oxygen atoms in total. The van der Waals surface area contributed by atoms with E-state index >= 15 is 0 Å². The first kappa shape index (κ1) is 18.6. The van der Waals surface area contributed by atoms with Gasteiger partial charge < -0.3 is 5.32 Å². The van der Waals surface area contributed by atoms with Crippen molar-refractivity contribution in [3.05, 3.63) is 65.4 Å². The Hall–Kier alpha value is -2.73. The Morgan fingerprint density at radius 2 is 1.89 bits per heavy atom. The topological polar surface area (TPSA) is 58.9 Å². The highest BCUT2D eigenvalue weighted by molar-refractivity contribution is 5.55. The number of aryl methyl sites for hydroxylation is 2. The van der Waals surface area contributed by atoms with Gasteiger partial charge in [0.15, 0.2) is 0 Å². The van der Waals surface area contributed by atoms with Crippen molar-refractivity contribution in [2.24, 2.45) is 7.05 Å². The zero-order valence-electron chi connectivity index (χ0n) is 16.9. The summed E-state index contributed by atoms with van der Waals surface area (Å²) in [5.74, 6) is 1.39. The van der Waals surface area contributed by atoms with Gasteiger partial charge >= 0.3 is 0 Å². The van der Waals surface area contributed by atoms with Crippen LogP contribution < -0.4 is 5.32 Å². The van der Waals surface area contributed by atoms with Crippen LogP contribution in [0.3, 0.4) is 0 Å². The van der Waals surface area contributed by atoms with Gasteiger partial charge in [-0.05, 0) is 64.0 Å². The summed E-state index contributed by atoms with van der Waals surface area (Å²) in [5.41, 5.74) is 5.77. The molecule has 0 aromatic carbocycles. The Kier molecular flexibility index (Phi) is 5.39. The molecule has 1 saturated heterocycles. The Morgan fingerprint density at radius 1 is 1.07 bits per heavy atom. The number of likely N-dealkylation sites (tertiary alicyclic amines) is 1. The molecule has 3 aromatic rings. The quantitative estimate of drug-likeness (QED) is 0.731. The Balaban J connectivity index is 1.32. The smallest absolute Gasteiger partial charge is 0.130 e. The number of piperidine rings is 1. The molecule has 0 radical (unpaired) electrons. The maximum atomic E-state index is 4.73. The van der Waals surface area contributed by atoms with E-state index in [0.717, 1.165) is 49.7 Å². The predicted molar refractivity (Wildman–Crippen MR) is 112 cm³/mol. The zero-order valence-corrected chi connectivity index (χ0v) is 16.9. The van der Waals surface area contributed by atoms with Gasteiger partial charge in [0.2, 0.25) is 0 Å². The summed E-state index contributed by atoms with van der Waals surface area (Å²) in [6, 6.07) is 10.2. The Morgan fingerprint density at radius 3 is 2.54 bits per heavy atom. The van der Waals surface area contributed by atoms with Gasteiger partial charge in [0.05, 0.1) is 18.1 Å². The van der Waals surface area contributed by atoms with Gasteiger partial charge in [-0.15, -0.1) is 0 Å². The van der Waals surface area contributed by atoms with Crippen LogP contribution >= 0.6 is 0 Å². The highest BCUT2D eigenvalue weighted by atomic mass is 15.3. The number of nitrogens with one attached hydrogen (secondary N) is 1. The number of pyridine rings is 2. The molecule has 146 valence electrons. The molecule has 0 amide bonds. The minimum absolute atomic E-state index is 0.539. The van der Waals surface area contributed by atoms with Crippen molar-refractivity contribution in [3.8, 4) is 0 Å². The molecule has 1 N–H and O–H groups in total. The summed E-state index contributed by atoms with van der Waals surface area (Å²) in [7, 11) is 2.00. The normalized spacial score (nSPS) is 15.7. The van der Waals surface area contributed by atoms with E-state index in [4.69, 9.17) is 4.98 Å². The second-order valence-corrected chi connectivity index (χ2v) is 7.69. The third-order valence-electron chi connectivity index (χ3n) is 5.68. The lowest BCUT2D eigenvalue weighted by Crippen LogP contribution is -2.32. The molecular formula is C22H28N6. The second-order valence-electron chi connectivity index (χ2n) is 7.69. The molecule has 3 aromatic heterocycles. The molecular weight excluding hydrogens is 348 g/mol. The lowest BCUT2D eigenvalue weighted by molar-refractivity contribution is 0.203. The van der Waals surface area contributed by atoms with Crippen LogP contribution in [0.15, 0.2) is 42.7 Å². The molecule has 1 aliphatic rings. The standard InChI is InChI=1S/C22H28N6/c1-16-5-4-6-22(25-16)26-20-7-8-21(23-14-20)18-9-11-28(12-10-18)15-19-13-24-27(3)17(19)2/h4-8,13-14,18H,9-12,15H2,1-3H3,(H,25,26). The van der Waals surface area contributed by atoms with Crippen LogP contribution in [0.1, 0.15) is 41.4 Å². The summed E-state index contributed by atoms with van der Waals surface area (Å²) >= 11 is 0. The van der Waals surface area contributed by atoms with Crippen molar-refractivity contribution >= 4 is 11.5 Å². The van der Waals surface area contributed by atoms with E-state index in [0.29, 0.717) is 5.92 Å². The fourth-order valence-corrected chi connectivity index (χ4v) is 3.81. The molecule has 4 heterocycles. The number of hydrogen-bond donors (Lipinski definition) is 1. The molecule has 0 unspecified atom stereocenters. The van der Waals surface area contributed by atoms with Crippen LogP contribution in [0.4, 0.5) is 11.5 Å². The number of nitrogens with zero attached hydrogens (tertiary/aromatic N) is 5. The summed E-state index contributed by atoms with van der Waals surface area (Å²) in [6.07, 6.45) is 6.22. The van der Waals surface area contributed by atoms with Crippen molar-refractivity contribution in [3.63, 3.8) is 0 Å². The fraction of sp³-hybridized carbons (Fsp3) is 0.409. The van der Waals surface area contributed by atoms with E-state index in [1.54, 1.807) is 0 Å². The van der Waals surface area contributed by atoms with Crippen molar-refractivity contribution < 1.29 is 0 Å². The van der Waals surface area contributed by atoms with E-state index in [-0.39, 0.29) is 0 Å². The van der Waals surface area contributed by atoms with E-state index in [1.165, 1.54) is 17.0 Å². The molecule has 6 heteroatoms. The molecule has 0 bridgehead atoms. The van der Waals surface area contributed by atoms with Crippen LogP contribution in [0, 0.1) is 13.8 Å². The Bertz CT molecular complexity index is 922. The van der Waals surface area contributed by atoms with Crippen LogP contribution in [0.2, 0.25) is 0 Å². The average molecular weight is 377 g/mol. The van der Waals surface area contributed by atoms with Gasteiger partial charge in [-0.1, -0.05) is 6.07 Å². The van der Waals surface area contributed by atoms with E-state index in [9.17, 15) is 0 Å². The van der Waals surface area contributed by atoms with Crippen LogP contribution in [-0.2, 0) is 13.6 Å². The second kappa shape index (κ2) is 8.10. The van der Waals surface area contributed by atoms with Crippen molar-refractivity contribution in [2.45, 2.75) is 39.2 Å². The third-order valence-corrected chi connectivity index (χ3v) is 5.68. The van der Waals surface area contributed by atoms with Crippen molar-refractivity contribution in [1.29, 1.82) is 0 Å². The summed E-state index contributed by atoms with van der Waals surface area (Å²) in [4.78, 5) is 11.7. The van der Waals surface area contributed by atoms with Gasteiger partial charge in [-0.25, -0.2) is 4.98 Å². The first-order valence-corrected chi connectivity index (χ1v) is 9.95. The lowest BCUT2D eigenvalue weighted by atomic mass is 9.93. The molecule has 1 aliphatic heterocycles. The van der Waals surface area contributed by atoms with Gasteiger partial charge in [-0.2, -0.15) is 5.10 Å². The maximum absolute atomic E-state index is 4.73. The fourth-order valence-electron chi connectivity index (χ4n) is 3.81. The predicted octanol–water partition coefficient (Wildman–Crippen LogP) is 3.95. The van der Waals surface area contributed by atoms with Gasteiger partial charge in [-0.3, -0.25) is 14.6 Å². The first-order valence-electron chi connectivity index (χ1n) is 9.95. The van der Waals surface area contributed by atoms with Crippen molar-refractivity contribution in [1.82, 2.24) is 24.6 Å². The number of aromatic nitrogens is 4. The van der Waals surface area contributed by atoms with E-state index < -0.39 is 0 Å². The lowest BCUT2D eigenvalue weighted by Gasteiger charge is -2.31. The molecule has 1 fully saturated rings. The summed E-state index contributed by atoms with van der Waals surface area (Å²) in [6.45, 7) is 7.34. The van der Waals surface area contributed by atoms with Crippen molar-refractivity contribution in [2.75, 3.05) is 18.4 Å². The Labute approximate surface area is 166 Å². The van der Waals surface area contributed by atoms with Crippen LogP contribution in [0.5, 0.6) is 0 Å². The minimum Gasteiger partial charge on any atom is -0.339 e. The summed E-state index contributed by atoms with van der Waals surface area (Å²) < 4.78 is 1.95. The monoisotopic (exact) mass is 376 g/mol. The number of rotatable bonds is 5. The molecule has 0 aliphatic carbocycles. The maximum Gasteiger partial charge on any atom is 0.130 e. The highest BCUT2D eigenvalue weighted by Gasteiger charge is 2.22. The zero-order chi connectivity index (χ0) is 19.5. The molecule has 0 spiro atoms. The number of hydrogen-bond acceptors (Lipinski definition) is 5. The highest BCUT2D eigenvalue weighted by Crippen LogP contribution is 2.28. The minimum atomic E-state index is 0.539. The van der Waals surface area contributed by atoms with E-state index in [2.05, 4.69) is 39.4 Å². The van der Waals surface area contributed by atoms with E-state index in [1.807, 2.05) is 49.2 Å². The molecule has 4 rings (SSSR count). The average Bonchev–Trinajstić information content (AvgIpc) is 3.01.